The quantitative estimate of drug-likeness (QED) is 0.587. The number of amides is 1. The van der Waals surface area contributed by atoms with Crippen LogP contribution in [-0.2, 0) is 27.8 Å². The lowest BCUT2D eigenvalue weighted by Gasteiger charge is -2.34. The van der Waals surface area contributed by atoms with Crippen LogP contribution in [0.5, 0.6) is 0 Å². The minimum atomic E-state index is -3.19. The molecular weight excluding hydrogens is 501 g/mol. The van der Waals surface area contributed by atoms with Gasteiger partial charge in [-0.2, -0.15) is 0 Å². The molecule has 0 radical (unpaired) electrons. The molecular formula is C25H30FN5O5S. The van der Waals surface area contributed by atoms with Crippen LogP contribution in [0.1, 0.15) is 64.8 Å². The number of nitrogens with zero attached hydrogens (tertiary/aromatic N) is 5. The molecule has 3 heterocycles. The minimum absolute atomic E-state index is 0.0612. The van der Waals surface area contributed by atoms with Gasteiger partial charge in [0.15, 0.2) is 0 Å². The molecule has 0 spiro atoms. The van der Waals surface area contributed by atoms with E-state index < -0.39 is 21.8 Å². The fourth-order valence-electron chi connectivity index (χ4n) is 5.67. The molecule has 1 aromatic carbocycles. The molecule has 1 N–H and O–H groups in total. The van der Waals surface area contributed by atoms with Crippen LogP contribution >= 0.6 is 0 Å². The molecule has 0 bridgehead atoms. The van der Waals surface area contributed by atoms with Crippen molar-refractivity contribution < 1.29 is 27.5 Å². The third-order valence-electron chi connectivity index (χ3n) is 7.76. The number of rotatable bonds is 5. The van der Waals surface area contributed by atoms with E-state index in [9.17, 15) is 27.5 Å². The summed E-state index contributed by atoms with van der Waals surface area (Å²) >= 11 is 0. The molecule has 198 valence electrons. The fraction of sp³-hybridized carbons (Fsp3) is 0.520. The second-order valence-corrected chi connectivity index (χ2v) is 12.1. The van der Waals surface area contributed by atoms with E-state index >= 15 is 0 Å². The number of hydrogen-bond donors (Lipinski definition) is 1. The predicted octanol–water partition coefficient (Wildman–Crippen LogP) is 2.35. The summed E-state index contributed by atoms with van der Waals surface area (Å²) in [6.07, 6.45) is 9.87. The lowest BCUT2D eigenvalue weighted by Crippen LogP contribution is -2.41. The SMILES string of the molecule is CS(=O)(=O)N1CCC(c2cn([C@H]3C=CC[C@H](C(=O)N4CCc5c(C(=O)O)ccc(F)c5C4)C3)nn2)CC1. The lowest BCUT2D eigenvalue weighted by molar-refractivity contribution is -0.137. The van der Waals surface area contributed by atoms with Crippen molar-refractivity contribution in [3.05, 3.63) is 58.7 Å². The standard InChI is InChI=1S/C25H30FN5O5S/c1-37(35,36)30-11-7-16(8-12-30)23-15-31(28-27-23)18-4-2-3-17(13-18)24(32)29-10-9-19-20(25(33)34)5-6-22(26)21(19)14-29/h2,4-6,15-18H,3,7-14H2,1H3,(H,33,34)/t17-,18-/m0/s1. The van der Waals surface area contributed by atoms with Gasteiger partial charge in [-0.3, -0.25) is 4.79 Å². The third kappa shape index (κ3) is 5.17. The zero-order valence-electron chi connectivity index (χ0n) is 20.6. The van der Waals surface area contributed by atoms with Crippen LogP contribution < -0.4 is 0 Å². The number of aromatic carboxylic acids is 1. The summed E-state index contributed by atoms with van der Waals surface area (Å²) in [5.74, 6) is -1.82. The number of sulfonamides is 1. The number of aromatic nitrogens is 3. The Hall–Kier alpha value is -3.12. The molecule has 2 aromatic rings. The van der Waals surface area contributed by atoms with Crippen LogP contribution in [0, 0.1) is 11.7 Å². The Bertz CT molecular complexity index is 1350. The molecule has 2 atom stereocenters. The number of halogens is 1. The third-order valence-corrected chi connectivity index (χ3v) is 9.06. The summed E-state index contributed by atoms with van der Waals surface area (Å²) in [6, 6.07) is 2.29. The minimum Gasteiger partial charge on any atom is -0.478 e. The first-order valence-electron chi connectivity index (χ1n) is 12.5. The highest BCUT2D eigenvalue weighted by atomic mass is 32.2. The molecule has 1 aromatic heterocycles. The van der Waals surface area contributed by atoms with Crippen molar-refractivity contribution in [2.75, 3.05) is 25.9 Å². The van der Waals surface area contributed by atoms with Gasteiger partial charge in [-0.25, -0.2) is 26.6 Å². The van der Waals surface area contributed by atoms with Crippen LogP contribution in [-0.4, -0.2) is 75.5 Å². The number of carboxylic acid groups (broad SMARTS) is 1. The normalized spacial score (nSPS) is 23.1. The van der Waals surface area contributed by atoms with E-state index in [1.807, 2.05) is 18.3 Å². The van der Waals surface area contributed by atoms with Crippen LogP contribution in [0.3, 0.4) is 0 Å². The molecule has 3 aliphatic rings. The molecule has 2 aliphatic heterocycles. The van der Waals surface area contributed by atoms with E-state index in [1.165, 1.54) is 16.6 Å². The summed E-state index contributed by atoms with van der Waals surface area (Å²) in [5.41, 5.74) is 1.67. The fourth-order valence-corrected chi connectivity index (χ4v) is 6.55. The van der Waals surface area contributed by atoms with Crippen molar-refractivity contribution in [2.24, 2.45) is 5.92 Å². The first kappa shape index (κ1) is 25.5. The van der Waals surface area contributed by atoms with Gasteiger partial charge in [-0.15, -0.1) is 5.10 Å². The monoisotopic (exact) mass is 531 g/mol. The number of benzene rings is 1. The van der Waals surface area contributed by atoms with Gasteiger partial charge in [0.1, 0.15) is 5.82 Å². The van der Waals surface area contributed by atoms with Gasteiger partial charge in [0, 0.05) is 49.8 Å². The molecule has 1 amide bonds. The van der Waals surface area contributed by atoms with Gasteiger partial charge in [-0.05, 0) is 49.8 Å². The number of piperidine rings is 1. The van der Waals surface area contributed by atoms with Crippen LogP contribution in [0.4, 0.5) is 4.39 Å². The summed E-state index contributed by atoms with van der Waals surface area (Å²) in [4.78, 5) is 26.5. The van der Waals surface area contributed by atoms with E-state index in [2.05, 4.69) is 10.3 Å². The van der Waals surface area contributed by atoms with Gasteiger partial charge in [0.25, 0.3) is 0 Å². The van der Waals surface area contributed by atoms with E-state index in [-0.39, 0.29) is 41.5 Å². The van der Waals surface area contributed by atoms with E-state index in [0.717, 1.165) is 11.8 Å². The van der Waals surface area contributed by atoms with Gasteiger partial charge in [0.2, 0.25) is 15.9 Å². The second-order valence-electron chi connectivity index (χ2n) is 10.1. The van der Waals surface area contributed by atoms with Crippen molar-refractivity contribution in [3.63, 3.8) is 0 Å². The highest BCUT2D eigenvalue weighted by molar-refractivity contribution is 7.88. The van der Waals surface area contributed by atoms with Crippen molar-refractivity contribution in [3.8, 4) is 0 Å². The Balaban J connectivity index is 1.24. The molecule has 1 aliphatic carbocycles. The van der Waals surface area contributed by atoms with Gasteiger partial charge < -0.3 is 10.0 Å². The molecule has 1 fully saturated rings. The Labute approximate surface area is 214 Å². The van der Waals surface area contributed by atoms with Crippen LogP contribution in [0.2, 0.25) is 0 Å². The average Bonchev–Trinajstić information content (AvgIpc) is 3.38. The smallest absolute Gasteiger partial charge is 0.335 e. The Morgan fingerprint density at radius 3 is 2.59 bits per heavy atom. The lowest BCUT2D eigenvalue weighted by atomic mass is 9.88. The number of carbonyl (C=O) groups is 2. The summed E-state index contributed by atoms with van der Waals surface area (Å²) in [5, 5.41) is 18.1. The molecule has 5 rings (SSSR count). The Morgan fingerprint density at radius 2 is 1.89 bits per heavy atom. The molecule has 12 heteroatoms. The molecule has 0 saturated carbocycles. The maximum Gasteiger partial charge on any atom is 0.335 e. The number of allylic oxidation sites excluding steroid dienone is 2. The van der Waals surface area contributed by atoms with E-state index in [0.29, 0.717) is 57.3 Å². The summed E-state index contributed by atoms with van der Waals surface area (Å²) < 4.78 is 41.3. The first-order chi connectivity index (χ1) is 17.6. The average molecular weight is 532 g/mol. The zero-order chi connectivity index (χ0) is 26.3. The highest BCUT2D eigenvalue weighted by Gasteiger charge is 2.33. The molecule has 37 heavy (non-hydrogen) atoms. The van der Waals surface area contributed by atoms with Crippen LogP contribution in [0.15, 0.2) is 30.5 Å². The topological polar surface area (TPSA) is 126 Å². The maximum absolute atomic E-state index is 14.5. The Kier molecular flexibility index (Phi) is 6.88. The molecule has 0 unspecified atom stereocenters. The van der Waals surface area contributed by atoms with Crippen molar-refractivity contribution in [2.45, 2.75) is 50.6 Å². The van der Waals surface area contributed by atoms with E-state index in [1.54, 1.807) is 9.58 Å². The highest BCUT2D eigenvalue weighted by Crippen LogP contribution is 2.33. The number of carbonyl (C=O) groups excluding carboxylic acids is 1. The van der Waals surface area contributed by atoms with E-state index in [4.69, 9.17) is 0 Å². The zero-order valence-corrected chi connectivity index (χ0v) is 21.4. The maximum atomic E-state index is 14.5. The van der Waals surface area contributed by atoms with Crippen molar-refractivity contribution in [1.29, 1.82) is 0 Å². The number of hydrogen-bond acceptors (Lipinski definition) is 6. The van der Waals surface area contributed by atoms with Crippen molar-refractivity contribution in [1.82, 2.24) is 24.2 Å². The van der Waals surface area contributed by atoms with Crippen molar-refractivity contribution >= 4 is 21.9 Å². The summed E-state index contributed by atoms with van der Waals surface area (Å²) in [6.45, 7) is 1.33. The largest absolute Gasteiger partial charge is 0.478 e. The number of carboxylic acids is 1. The second kappa shape index (κ2) is 9.97. The van der Waals surface area contributed by atoms with Gasteiger partial charge in [-0.1, -0.05) is 17.4 Å². The Morgan fingerprint density at radius 1 is 1.14 bits per heavy atom. The molecule has 10 nitrogen and oxygen atoms in total. The summed E-state index contributed by atoms with van der Waals surface area (Å²) in [7, 11) is -3.19. The first-order valence-corrected chi connectivity index (χ1v) is 14.3. The van der Waals surface area contributed by atoms with Gasteiger partial charge in [0.05, 0.1) is 23.6 Å². The molecule has 1 saturated heterocycles. The van der Waals surface area contributed by atoms with Crippen LogP contribution in [0.25, 0.3) is 0 Å². The predicted molar refractivity (Wildman–Crippen MR) is 132 cm³/mol. The number of fused-ring (bicyclic) bond motifs is 1. The van der Waals surface area contributed by atoms with Gasteiger partial charge >= 0.3 is 5.97 Å².